The summed E-state index contributed by atoms with van der Waals surface area (Å²) in [6, 6.07) is 16.6. The highest BCUT2D eigenvalue weighted by molar-refractivity contribution is 5.99. The van der Waals surface area contributed by atoms with Crippen LogP contribution in [0.5, 0.6) is 5.75 Å². The molecule has 26 heavy (non-hydrogen) atoms. The van der Waals surface area contributed by atoms with Crippen LogP contribution in [0.3, 0.4) is 0 Å². The van der Waals surface area contributed by atoms with Gasteiger partial charge in [-0.2, -0.15) is 0 Å². The third-order valence-electron chi connectivity index (χ3n) is 3.86. The Morgan fingerprint density at radius 2 is 1.69 bits per heavy atom. The number of carbonyl (C=O) groups excluding carboxylic acids is 2. The Hall–Kier alpha value is -3.06. The molecule has 1 aliphatic heterocycles. The van der Waals surface area contributed by atoms with Crippen LogP contribution in [-0.4, -0.2) is 17.5 Å². The number of hydrogen-bond donors (Lipinski definition) is 0. The lowest BCUT2D eigenvalue weighted by Crippen LogP contribution is -2.40. The monoisotopic (exact) mass is 348 g/mol. The van der Waals surface area contributed by atoms with Crippen molar-refractivity contribution in [3.8, 4) is 17.6 Å². The Labute approximate surface area is 153 Å². The van der Waals surface area contributed by atoms with Crippen LogP contribution in [0, 0.1) is 17.8 Å². The van der Waals surface area contributed by atoms with Gasteiger partial charge in [-0.3, -0.25) is 9.59 Å². The highest BCUT2D eigenvalue weighted by Gasteiger charge is 2.44. The molecule has 2 aromatic rings. The molecular formula is C22H20O4. The van der Waals surface area contributed by atoms with Crippen molar-refractivity contribution >= 4 is 11.9 Å². The van der Waals surface area contributed by atoms with Crippen LogP contribution in [0.2, 0.25) is 0 Å². The van der Waals surface area contributed by atoms with Crippen LogP contribution in [-0.2, 0) is 14.3 Å². The Bertz CT molecular complexity index is 882. The summed E-state index contributed by atoms with van der Waals surface area (Å²) in [4.78, 5) is 25.2. The second-order valence-electron chi connectivity index (χ2n) is 7.08. The standard InChI is InChI=1S/C22H20O4/c1-22(2,3)26-21(24)19-17(14-13-15-9-5-4-6-10-15)16-11-7-8-12-18(16)25-20(19)23/h4-12,17,19H,1-3H3/t17-,19+/m1/s1. The number of hydrogen-bond acceptors (Lipinski definition) is 4. The van der Waals surface area contributed by atoms with Gasteiger partial charge < -0.3 is 9.47 Å². The first-order chi connectivity index (χ1) is 12.3. The molecule has 1 aliphatic rings. The van der Waals surface area contributed by atoms with Gasteiger partial charge in [0.05, 0.1) is 5.92 Å². The van der Waals surface area contributed by atoms with Crippen LogP contribution in [0.1, 0.15) is 37.8 Å². The molecular weight excluding hydrogens is 328 g/mol. The van der Waals surface area contributed by atoms with Crippen molar-refractivity contribution in [2.45, 2.75) is 32.3 Å². The highest BCUT2D eigenvalue weighted by Crippen LogP contribution is 2.38. The fourth-order valence-electron chi connectivity index (χ4n) is 2.76. The van der Waals surface area contributed by atoms with Gasteiger partial charge in [0.25, 0.3) is 0 Å². The predicted octanol–water partition coefficient (Wildman–Crippen LogP) is 3.70. The molecule has 0 spiro atoms. The first-order valence-corrected chi connectivity index (χ1v) is 8.45. The van der Waals surface area contributed by atoms with Gasteiger partial charge in [0, 0.05) is 11.1 Å². The minimum atomic E-state index is -1.11. The van der Waals surface area contributed by atoms with E-state index in [9.17, 15) is 9.59 Å². The van der Waals surface area contributed by atoms with Gasteiger partial charge in [0.2, 0.25) is 0 Å². The molecule has 0 bridgehead atoms. The number of fused-ring (bicyclic) bond motifs is 1. The fraction of sp³-hybridized carbons (Fsp3) is 0.273. The maximum atomic E-state index is 12.7. The number of ether oxygens (including phenoxy) is 2. The van der Waals surface area contributed by atoms with E-state index >= 15 is 0 Å². The van der Waals surface area contributed by atoms with Gasteiger partial charge in [-0.15, -0.1) is 0 Å². The molecule has 0 N–H and O–H groups in total. The maximum absolute atomic E-state index is 12.7. The summed E-state index contributed by atoms with van der Waals surface area (Å²) in [6.45, 7) is 5.28. The SMILES string of the molecule is CC(C)(C)OC(=O)[C@@H]1C(=O)Oc2ccccc2[C@H]1C#Cc1ccccc1. The lowest BCUT2D eigenvalue weighted by atomic mass is 9.83. The summed E-state index contributed by atoms with van der Waals surface area (Å²) in [7, 11) is 0. The second-order valence-corrected chi connectivity index (χ2v) is 7.08. The summed E-state index contributed by atoms with van der Waals surface area (Å²) >= 11 is 0. The molecule has 0 radical (unpaired) electrons. The largest absolute Gasteiger partial charge is 0.459 e. The first-order valence-electron chi connectivity index (χ1n) is 8.45. The molecule has 4 nitrogen and oxygen atoms in total. The third-order valence-corrected chi connectivity index (χ3v) is 3.86. The van der Waals surface area contributed by atoms with Crippen molar-refractivity contribution in [1.82, 2.24) is 0 Å². The zero-order chi connectivity index (χ0) is 18.7. The topological polar surface area (TPSA) is 52.6 Å². The first kappa shape index (κ1) is 17.8. The second kappa shape index (κ2) is 7.05. The zero-order valence-electron chi connectivity index (χ0n) is 15.0. The normalized spacial score (nSPS) is 18.8. The van der Waals surface area contributed by atoms with E-state index in [1.807, 2.05) is 42.5 Å². The fourth-order valence-corrected chi connectivity index (χ4v) is 2.76. The van der Waals surface area contributed by atoms with Gasteiger partial charge in [0.15, 0.2) is 5.92 Å². The number of rotatable bonds is 1. The molecule has 3 rings (SSSR count). The summed E-state index contributed by atoms with van der Waals surface area (Å²) in [5.41, 5.74) is 0.824. The molecule has 0 saturated heterocycles. The number of esters is 2. The van der Waals surface area contributed by atoms with E-state index in [-0.39, 0.29) is 0 Å². The van der Waals surface area contributed by atoms with Gasteiger partial charge in [-0.1, -0.05) is 48.2 Å². The number of benzene rings is 2. The summed E-state index contributed by atoms with van der Waals surface area (Å²) < 4.78 is 10.8. The van der Waals surface area contributed by atoms with E-state index in [0.717, 1.165) is 5.56 Å². The molecule has 4 heteroatoms. The van der Waals surface area contributed by atoms with E-state index in [4.69, 9.17) is 9.47 Å². The van der Waals surface area contributed by atoms with Crippen molar-refractivity contribution in [2.75, 3.05) is 0 Å². The molecule has 132 valence electrons. The molecule has 0 unspecified atom stereocenters. The Morgan fingerprint density at radius 1 is 1.04 bits per heavy atom. The Morgan fingerprint density at radius 3 is 2.38 bits per heavy atom. The van der Waals surface area contributed by atoms with Crippen molar-refractivity contribution in [1.29, 1.82) is 0 Å². The zero-order valence-corrected chi connectivity index (χ0v) is 15.0. The van der Waals surface area contributed by atoms with E-state index in [1.54, 1.807) is 32.9 Å². The Kier molecular flexibility index (Phi) is 4.81. The third kappa shape index (κ3) is 3.94. The van der Waals surface area contributed by atoms with Crippen molar-refractivity contribution < 1.29 is 19.1 Å². The molecule has 2 aromatic carbocycles. The van der Waals surface area contributed by atoms with Crippen molar-refractivity contribution in [3.05, 3.63) is 65.7 Å². The van der Waals surface area contributed by atoms with Gasteiger partial charge in [0.1, 0.15) is 11.4 Å². The summed E-state index contributed by atoms with van der Waals surface area (Å²) in [6.07, 6.45) is 0. The average Bonchev–Trinajstić information content (AvgIpc) is 2.58. The molecule has 0 fully saturated rings. The maximum Gasteiger partial charge on any atom is 0.327 e. The quantitative estimate of drug-likeness (QED) is 0.341. The van der Waals surface area contributed by atoms with Crippen LogP contribution >= 0.6 is 0 Å². The van der Waals surface area contributed by atoms with E-state index in [2.05, 4.69) is 11.8 Å². The van der Waals surface area contributed by atoms with Gasteiger partial charge >= 0.3 is 11.9 Å². The average molecular weight is 348 g/mol. The minimum Gasteiger partial charge on any atom is -0.459 e. The van der Waals surface area contributed by atoms with Crippen LogP contribution in [0.4, 0.5) is 0 Å². The van der Waals surface area contributed by atoms with E-state index in [0.29, 0.717) is 11.3 Å². The minimum absolute atomic E-state index is 0.435. The van der Waals surface area contributed by atoms with E-state index in [1.165, 1.54) is 0 Å². The van der Waals surface area contributed by atoms with Crippen molar-refractivity contribution in [3.63, 3.8) is 0 Å². The number of carbonyl (C=O) groups is 2. The molecule has 0 aliphatic carbocycles. The molecule has 1 heterocycles. The highest BCUT2D eigenvalue weighted by atomic mass is 16.6. The van der Waals surface area contributed by atoms with Crippen LogP contribution in [0.25, 0.3) is 0 Å². The molecule has 0 saturated carbocycles. The molecule has 0 amide bonds. The smallest absolute Gasteiger partial charge is 0.327 e. The summed E-state index contributed by atoms with van der Waals surface area (Å²) in [5.74, 6) is 3.59. The van der Waals surface area contributed by atoms with Gasteiger partial charge in [-0.05, 0) is 39.0 Å². The number of para-hydroxylation sites is 1. The Balaban J connectivity index is 2.03. The van der Waals surface area contributed by atoms with Crippen LogP contribution < -0.4 is 4.74 Å². The van der Waals surface area contributed by atoms with Crippen molar-refractivity contribution in [2.24, 2.45) is 5.92 Å². The summed E-state index contributed by atoms with van der Waals surface area (Å²) in [5, 5.41) is 0. The lowest BCUT2D eigenvalue weighted by molar-refractivity contribution is -0.167. The lowest BCUT2D eigenvalue weighted by Gasteiger charge is -2.29. The van der Waals surface area contributed by atoms with E-state index < -0.39 is 29.4 Å². The van der Waals surface area contributed by atoms with Crippen LogP contribution in [0.15, 0.2) is 54.6 Å². The molecule has 2 atom stereocenters. The van der Waals surface area contributed by atoms with Gasteiger partial charge in [-0.25, -0.2) is 0 Å². The molecule has 0 aromatic heterocycles. The predicted molar refractivity (Wildman–Crippen MR) is 97.5 cm³/mol.